The second-order valence-corrected chi connectivity index (χ2v) is 12.0. The largest absolute Gasteiger partial charge is 0.494 e. The molecule has 0 atom stereocenters. The van der Waals surface area contributed by atoms with Crippen molar-refractivity contribution < 1.29 is 27.8 Å². The van der Waals surface area contributed by atoms with Crippen LogP contribution in [-0.2, 0) is 4.74 Å². The Bertz CT molecular complexity index is 2030. The number of nitrogens with one attached hydrogen (secondary N) is 5. The maximum absolute atomic E-state index is 14.5. The minimum Gasteiger partial charge on any atom is -0.494 e. The van der Waals surface area contributed by atoms with Crippen LogP contribution in [0, 0.1) is 11.6 Å². The standard InChI is InChI=1S/C24H26FN5O3.C13H11BrFN3O/c1-26-24(31)17-5-3-4-6-19(17)28-21-14-23(27-15-18(21)25)29-20-8-7-16(13-22(20)32-2)30-9-11-33-12-10-30;1-16-13(19)8-4-2-3-5-10(8)18-11-6-12(14)17-7-9(11)15/h3-8,13-15H,9-12H2,1-2H3,(H,26,31)(H2,27,28,29);2-7H,1H3,(H,16,19)(H,17,18). The van der Waals surface area contributed by atoms with Crippen molar-refractivity contribution in [2.24, 2.45) is 0 Å². The minimum atomic E-state index is -0.540. The quantitative estimate of drug-likeness (QED) is 0.0943. The highest BCUT2D eigenvalue weighted by atomic mass is 79.9. The fourth-order valence-corrected chi connectivity index (χ4v) is 5.52. The molecule has 1 aliphatic rings. The maximum atomic E-state index is 14.5. The molecule has 0 saturated carbocycles. The highest BCUT2D eigenvalue weighted by molar-refractivity contribution is 9.10. The van der Waals surface area contributed by atoms with E-state index in [0.29, 0.717) is 57.6 Å². The zero-order valence-corrected chi connectivity index (χ0v) is 30.2. The number of halogens is 3. The van der Waals surface area contributed by atoms with Gasteiger partial charge in [-0.2, -0.15) is 0 Å². The Morgan fingerprint density at radius 2 is 1.29 bits per heavy atom. The number of nitrogens with zero attached hydrogens (tertiary/aromatic N) is 3. The van der Waals surface area contributed by atoms with Gasteiger partial charge in [-0.05, 0) is 58.4 Å². The summed E-state index contributed by atoms with van der Waals surface area (Å²) in [6.07, 6.45) is 2.23. The van der Waals surface area contributed by atoms with Crippen LogP contribution in [0.5, 0.6) is 5.75 Å². The first-order chi connectivity index (χ1) is 25.2. The summed E-state index contributed by atoms with van der Waals surface area (Å²) in [6.45, 7) is 3.03. The molecule has 0 unspecified atom stereocenters. The van der Waals surface area contributed by atoms with Crippen LogP contribution in [-0.4, -0.2) is 69.3 Å². The summed E-state index contributed by atoms with van der Waals surface area (Å²) < 4.78 is 39.6. The van der Waals surface area contributed by atoms with Crippen LogP contribution in [0.25, 0.3) is 0 Å². The summed E-state index contributed by atoms with van der Waals surface area (Å²) >= 11 is 3.17. The lowest BCUT2D eigenvalue weighted by Gasteiger charge is -2.29. The van der Waals surface area contributed by atoms with E-state index in [2.05, 4.69) is 57.4 Å². The fourth-order valence-electron chi connectivity index (χ4n) is 5.19. The van der Waals surface area contributed by atoms with E-state index in [4.69, 9.17) is 9.47 Å². The lowest BCUT2D eigenvalue weighted by molar-refractivity contribution is 0.0956. The monoisotopic (exact) mass is 774 g/mol. The highest BCUT2D eigenvalue weighted by Crippen LogP contribution is 2.33. The Morgan fingerprint density at radius 3 is 1.87 bits per heavy atom. The number of rotatable bonds is 10. The normalized spacial score (nSPS) is 12.2. The van der Waals surface area contributed by atoms with Crippen LogP contribution in [0.1, 0.15) is 20.7 Å². The molecule has 0 aliphatic carbocycles. The zero-order chi connectivity index (χ0) is 37.0. The second-order valence-electron chi connectivity index (χ2n) is 11.1. The Labute approximate surface area is 308 Å². The lowest BCUT2D eigenvalue weighted by atomic mass is 10.1. The van der Waals surface area contributed by atoms with E-state index in [1.165, 1.54) is 6.07 Å². The zero-order valence-electron chi connectivity index (χ0n) is 28.6. The molecule has 270 valence electrons. The topological polar surface area (TPSA) is 142 Å². The van der Waals surface area contributed by atoms with Crippen molar-refractivity contribution in [1.29, 1.82) is 0 Å². The first-order valence-corrected chi connectivity index (χ1v) is 16.9. The average molecular weight is 776 g/mol. The van der Waals surface area contributed by atoms with Gasteiger partial charge in [0, 0.05) is 45.0 Å². The maximum Gasteiger partial charge on any atom is 0.253 e. The van der Waals surface area contributed by atoms with Gasteiger partial charge < -0.3 is 41.0 Å². The number of benzene rings is 3. The molecular formula is C37H37BrF2N8O4. The van der Waals surface area contributed by atoms with Gasteiger partial charge in [-0.3, -0.25) is 9.59 Å². The van der Waals surface area contributed by atoms with Crippen molar-refractivity contribution in [2.45, 2.75) is 0 Å². The summed E-state index contributed by atoms with van der Waals surface area (Å²) in [4.78, 5) is 34.0. The van der Waals surface area contributed by atoms with Crippen LogP contribution in [0.3, 0.4) is 0 Å². The number of methoxy groups -OCH3 is 1. The molecule has 1 aliphatic heterocycles. The molecule has 3 heterocycles. The smallest absolute Gasteiger partial charge is 0.253 e. The number of carbonyl (C=O) groups is 2. The fraction of sp³-hybridized carbons (Fsp3) is 0.189. The lowest BCUT2D eigenvalue weighted by Crippen LogP contribution is -2.36. The number of aromatic nitrogens is 2. The Kier molecular flexibility index (Phi) is 12.9. The third-order valence-electron chi connectivity index (χ3n) is 7.84. The van der Waals surface area contributed by atoms with Gasteiger partial charge in [0.15, 0.2) is 11.6 Å². The molecule has 1 saturated heterocycles. The van der Waals surface area contributed by atoms with Crippen molar-refractivity contribution in [3.05, 3.63) is 119 Å². The molecule has 2 amide bonds. The van der Waals surface area contributed by atoms with Crippen LogP contribution < -0.4 is 36.2 Å². The van der Waals surface area contributed by atoms with E-state index in [1.807, 2.05) is 18.2 Å². The molecule has 5 N–H and O–H groups in total. The number of anilines is 7. The van der Waals surface area contributed by atoms with Crippen LogP contribution in [0.2, 0.25) is 0 Å². The van der Waals surface area contributed by atoms with Gasteiger partial charge in [0.05, 0.1) is 72.3 Å². The van der Waals surface area contributed by atoms with E-state index in [9.17, 15) is 18.4 Å². The number of ether oxygens (including phenoxy) is 2. The molecule has 0 spiro atoms. The van der Waals surface area contributed by atoms with Crippen molar-refractivity contribution in [2.75, 3.05) is 68.4 Å². The van der Waals surface area contributed by atoms with Gasteiger partial charge in [-0.25, -0.2) is 18.7 Å². The van der Waals surface area contributed by atoms with Gasteiger partial charge in [0.25, 0.3) is 11.8 Å². The van der Waals surface area contributed by atoms with E-state index < -0.39 is 11.6 Å². The number of hydrogen-bond donors (Lipinski definition) is 5. The second kappa shape index (κ2) is 17.9. The SMILES string of the molecule is CNC(=O)c1ccccc1Nc1cc(Br)ncc1F.CNC(=O)c1ccccc1Nc1cc(Nc2ccc(N3CCOCC3)cc2OC)ncc1F. The van der Waals surface area contributed by atoms with E-state index >= 15 is 0 Å². The number of carbonyl (C=O) groups excluding carboxylic acids is 2. The van der Waals surface area contributed by atoms with Crippen molar-refractivity contribution in [3.63, 3.8) is 0 Å². The number of amides is 2. The predicted octanol–water partition coefficient (Wildman–Crippen LogP) is 7.00. The van der Waals surface area contributed by atoms with Crippen molar-refractivity contribution >= 4 is 67.7 Å². The summed E-state index contributed by atoms with van der Waals surface area (Å²) in [5.41, 5.74) is 4.04. The van der Waals surface area contributed by atoms with Gasteiger partial charge in [-0.15, -0.1) is 0 Å². The molecule has 2 aromatic heterocycles. The Balaban J connectivity index is 0.000000233. The Hall–Kier alpha value is -5.80. The molecule has 52 heavy (non-hydrogen) atoms. The molecule has 3 aromatic carbocycles. The van der Waals surface area contributed by atoms with Crippen molar-refractivity contribution in [3.8, 4) is 5.75 Å². The third kappa shape index (κ3) is 9.50. The van der Waals surface area contributed by atoms with Gasteiger partial charge in [0.1, 0.15) is 16.2 Å². The molecular weight excluding hydrogens is 738 g/mol. The minimum absolute atomic E-state index is 0.188. The van der Waals surface area contributed by atoms with Crippen molar-refractivity contribution in [1.82, 2.24) is 20.6 Å². The molecule has 6 rings (SSSR count). The molecule has 0 radical (unpaired) electrons. The number of hydrogen-bond acceptors (Lipinski definition) is 10. The van der Waals surface area contributed by atoms with Crippen LogP contribution >= 0.6 is 15.9 Å². The van der Waals surface area contributed by atoms with Crippen LogP contribution in [0.15, 0.2) is 95.9 Å². The predicted molar refractivity (Wildman–Crippen MR) is 202 cm³/mol. The number of para-hydroxylation sites is 2. The first-order valence-electron chi connectivity index (χ1n) is 16.1. The summed E-state index contributed by atoms with van der Waals surface area (Å²) in [5.74, 6) is -0.470. The molecule has 15 heteroatoms. The van der Waals surface area contributed by atoms with Gasteiger partial charge in [-0.1, -0.05) is 24.3 Å². The number of morpholine rings is 1. The molecule has 1 fully saturated rings. The first kappa shape index (κ1) is 37.5. The molecule has 0 bridgehead atoms. The van der Waals surface area contributed by atoms with Crippen LogP contribution in [0.4, 0.5) is 48.7 Å². The Morgan fingerprint density at radius 1 is 0.731 bits per heavy atom. The summed E-state index contributed by atoms with van der Waals surface area (Å²) in [7, 11) is 4.69. The number of pyridine rings is 2. The van der Waals surface area contributed by atoms with E-state index in [-0.39, 0.29) is 23.2 Å². The molecule has 12 nitrogen and oxygen atoms in total. The summed E-state index contributed by atoms with van der Waals surface area (Å²) in [5, 5.41) is 14.2. The van der Waals surface area contributed by atoms with E-state index in [1.54, 1.807) is 75.8 Å². The third-order valence-corrected chi connectivity index (χ3v) is 8.27. The van der Waals surface area contributed by atoms with Gasteiger partial charge >= 0.3 is 0 Å². The van der Waals surface area contributed by atoms with E-state index in [0.717, 1.165) is 31.2 Å². The van der Waals surface area contributed by atoms with Gasteiger partial charge in [0.2, 0.25) is 0 Å². The summed E-state index contributed by atoms with van der Waals surface area (Å²) in [6, 6.07) is 22.7. The molecule has 5 aromatic rings. The highest BCUT2D eigenvalue weighted by Gasteiger charge is 2.16. The average Bonchev–Trinajstić information content (AvgIpc) is 3.18.